The fraction of sp³-hybridized carbons (Fsp3) is 0.846. The van der Waals surface area contributed by atoms with Gasteiger partial charge in [-0.15, -0.1) is 0 Å². The molecule has 6 N–H and O–H groups in total. The van der Waals surface area contributed by atoms with Crippen molar-refractivity contribution < 1.29 is 9.59 Å². The molecule has 0 heterocycles. The number of amides is 3. The van der Waals surface area contributed by atoms with Crippen LogP contribution >= 0.6 is 0 Å². The third kappa shape index (κ3) is 8.42. The monoisotopic (exact) mass is 272 g/mol. The van der Waals surface area contributed by atoms with E-state index in [1.54, 1.807) is 0 Å². The van der Waals surface area contributed by atoms with Gasteiger partial charge >= 0.3 is 6.03 Å². The highest BCUT2D eigenvalue weighted by atomic mass is 16.2. The van der Waals surface area contributed by atoms with E-state index in [4.69, 9.17) is 11.5 Å². The highest BCUT2D eigenvalue weighted by Crippen LogP contribution is 2.06. The zero-order valence-corrected chi connectivity index (χ0v) is 12.2. The maximum Gasteiger partial charge on any atom is 0.312 e. The first kappa shape index (κ1) is 17.7. The number of hydrogen-bond donors (Lipinski definition) is 4. The lowest BCUT2D eigenvalue weighted by molar-refractivity contribution is -0.123. The molecule has 0 aromatic rings. The summed E-state index contributed by atoms with van der Waals surface area (Å²) in [6.07, 6.45) is 3.22. The molecule has 2 unspecified atom stereocenters. The van der Waals surface area contributed by atoms with Crippen LogP contribution in [0.1, 0.15) is 46.5 Å². The van der Waals surface area contributed by atoms with Crippen LogP contribution < -0.4 is 22.1 Å². The van der Waals surface area contributed by atoms with Gasteiger partial charge < -0.3 is 22.1 Å². The highest BCUT2D eigenvalue weighted by molar-refractivity contribution is 5.86. The topological polar surface area (TPSA) is 110 Å². The van der Waals surface area contributed by atoms with E-state index in [-0.39, 0.29) is 11.9 Å². The fourth-order valence-electron chi connectivity index (χ4n) is 1.93. The van der Waals surface area contributed by atoms with Crippen molar-refractivity contribution in [3.8, 4) is 0 Å². The van der Waals surface area contributed by atoms with Crippen molar-refractivity contribution >= 4 is 11.9 Å². The molecule has 6 nitrogen and oxygen atoms in total. The number of carbonyl (C=O) groups is 2. The minimum Gasteiger partial charge on any atom is -0.352 e. The summed E-state index contributed by atoms with van der Waals surface area (Å²) < 4.78 is 0. The Hall–Kier alpha value is -1.30. The van der Waals surface area contributed by atoms with E-state index in [1.165, 1.54) is 0 Å². The van der Waals surface area contributed by atoms with E-state index in [9.17, 15) is 9.59 Å². The van der Waals surface area contributed by atoms with E-state index in [0.29, 0.717) is 18.9 Å². The molecule has 0 saturated carbocycles. The first-order valence-corrected chi connectivity index (χ1v) is 6.97. The second kappa shape index (κ2) is 9.61. The van der Waals surface area contributed by atoms with Gasteiger partial charge in [0.1, 0.15) is 6.04 Å². The van der Waals surface area contributed by atoms with Crippen LogP contribution in [0.15, 0.2) is 0 Å². The predicted octanol–water partition coefficient (Wildman–Crippen LogP) is 0.703. The number of unbranched alkanes of at least 4 members (excludes halogenated alkanes) is 1. The Morgan fingerprint density at radius 3 is 2.26 bits per heavy atom. The van der Waals surface area contributed by atoms with Crippen LogP contribution in [-0.4, -0.2) is 30.6 Å². The quantitative estimate of drug-likeness (QED) is 0.496. The summed E-state index contributed by atoms with van der Waals surface area (Å²) in [6.45, 7) is 6.57. The van der Waals surface area contributed by atoms with E-state index in [1.807, 2.05) is 6.92 Å². The smallest absolute Gasteiger partial charge is 0.312 e. The fourth-order valence-corrected chi connectivity index (χ4v) is 1.93. The Morgan fingerprint density at radius 1 is 1.21 bits per heavy atom. The molecule has 0 aliphatic rings. The Morgan fingerprint density at radius 2 is 1.84 bits per heavy atom. The second-order valence-electron chi connectivity index (χ2n) is 5.27. The molecule has 0 aliphatic carbocycles. The first-order chi connectivity index (χ1) is 8.90. The molecule has 0 aromatic heterocycles. The van der Waals surface area contributed by atoms with Crippen LogP contribution in [0, 0.1) is 5.92 Å². The van der Waals surface area contributed by atoms with Crippen LogP contribution in [0.2, 0.25) is 0 Å². The van der Waals surface area contributed by atoms with E-state index < -0.39 is 12.1 Å². The van der Waals surface area contributed by atoms with Gasteiger partial charge in [0.15, 0.2) is 0 Å². The van der Waals surface area contributed by atoms with Crippen LogP contribution in [0.25, 0.3) is 0 Å². The zero-order valence-electron chi connectivity index (χ0n) is 12.2. The molecule has 112 valence electrons. The molecular weight excluding hydrogens is 244 g/mol. The number of nitrogens with two attached hydrogens (primary N) is 2. The summed E-state index contributed by atoms with van der Waals surface area (Å²) >= 11 is 0. The molecule has 0 aliphatic heterocycles. The average molecular weight is 272 g/mol. The summed E-state index contributed by atoms with van der Waals surface area (Å²) in [5.41, 5.74) is 10.7. The van der Waals surface area contributed by atoms with Crippen molar-refractivity contribution in [1.82, 2.24) is 10.6 Å². The van der Waals surface area contributed by atoms with Gasteiger partial charge in [-0.25, -0.2) is 4.79 Å². The molecule has 3 amide bonds. The minimum atomic E-state index is -0.676. The third-order valence-electron chi connectivity index (χ3n) is 2.87. The standard InChI is InChI=1S/C13H28N4O2/c1-4-5-6-11(17-13(15)19)12(18)16-10(8-14)7-9(2)3/h9-11H,4-8,14H2,1-3H3,(H,16,18)(H3,15,17,19). The van der Waals surface area contributed by atoms with Gasteiger partial charge in [0.25, 0.3) is 0 Å². The normalized spacial score (nSPS) is 13.9. The van der Waals surface area contributed by atoms with Crippen molar-refractivity contribution in [3.63, 3.8) is 0 Å². The lowest BCUT2D eigenvalue weighted by Crippen LogP contribution is -2.52. The Kier molecular flexibility index (Phi) is 8.95. The summed E-state index contributed by atoms with van der Waals surface area (Å²) in [4.78, 5) is 23.0. The molecule has 0 rings (SSSR count). The molecule has 2 atom stereocenters. The third-order valence-corrected chi connectivity index (χ3v) is 2.87. The number of nitrogens with one attached hydrogen (secondary N) is 2. The van der Waals surface area contributed by atoms with Gasteiger partial charge in [0, 0.05) is 12.6 Å². The number of hydrogen-bond acceptors (Lipinski definition) is 3. The minimum absolute atomic E-state index is 0.0636. The molecule has 0 aromatic carbocycles. The lowest BCUT2D eigenvalue weighted by Gasteiger charge is -2.23. The Bertz CT molecular complexity index is 282. The van der Waals surface area contributed by atoms with Gasteiger partial charge in [-0.05, 0) is 18.8 Å². The molecule has 0 fully saturated rings. The van der Waals surface area contributed by atoms with Crippen LogP contribution in [-0.2, 0) is 4.79 Å². The van der Waals surface area contributed by atoms with Gasteiger partial charge in [-0.1, -0.05) is 33.6 Å². The molecular formula is C13H28N4O2. The molecule has 0 spiro atoms. The molecule has 0 saturated heterocycles. The zero-order chi connectivity index (χ0) is 14.8. The number of primary amides is 1. The summed E-state index contributed by atoms with van der Waals surface area (Å²) in [7, 11) is 0. The van der Waals surface area contributed by atoms with Gasteiger partial charge in [-0.2, -0.15) is 0 Å². The molecule has 0 bridgehead atoms. The number of carbonyl (C=O) groups excluding carboxylic acids is 2. The maximum atomic E-state index is 12.1. The molecule has 0 radical (unpaired) electrons. The molecule has 6 heteroatoms. The largest absolute Gasteiger partial charge is 0.352 e. The first-order valence-electron chi connectivity index (χ1n) is 6.97. The summed E-state index contributed by atoms with van der Waals surface area (Å²) in [5.74, 6) is 0.246. The van der Waals surface area contributed by atoms with Crippen LogP contribution in [0.4, 0.5) is 4.79 Å². The summed E-state index contributed by atoms with van der Waals surface area (Å²) in [6, 6.07) is -1.31. The van der Waals surface area contributed by atoms with Crippen LogP contribution in [0.5, 0.6) is 0 Å². The van der Waals surface area contributed by atoms with Crippen molar-refractivity contribution in [2.24, 2.45) is 17.4 Å². The second-order valence-corrected chi connectivity index (χ2v) is 5.27. The SMILES string of the molecule is CCCCC(NC(N)=O)C(=O)NC(CN)CC(C)C. The predicted molar refractivity (Wildman–Crippen MR) is 76.5 cm³/mol. The maximum absolute atomic E-state index is 12.1. The average Bonchev–Trinajstić information content (AvgIpc) is 2.32. The van der Waals surface area contributed by atoms with Crippen molar-refractivity contribution in [3.05, 3.63) is 0 Å². The van der Waals surface area contributed by atoms with E-state index in [2.05, 4.69) is 24.5 Å². The highest BCUT2D eigenvalue weighted by Gasteiger charge is 2.21. The van der Waals surface area contributed by atoms with Crippen molar-refractivity contribution in [2.75, 3.05) is 6.54 Å². The van der Waals surface area contributed by atoms with Gasteiger partial charge in [-0.3, -0.25) is 4.79 Å². The van der Waals surface area contributed by atoms with Gasteiger partial charge in [0.2, 0.25) is 5.91 Å². The van der Waals surface area contributed by atoms with E-state index >= 15 is 0 Å². The Balaban J connectivity index is 4.46. The lowest BCUT2D eigenvalue weighted by atomic mass is 10.0. The van der Waals surface area contributed by atoms with Crippen molar-refractivity contribution in [1.29, 1.82) is 0 Å². The molecule has 19 heavy (non-hydrogen) atoms. The van der Waals surface area contributed by atoms with Gasteiger partial charge in [0.05, 0.1) is 0 Å². The number of urea groups is 1. The van der Waals surface area contributed by atoms with E-state index in [0.717, 1.165) is 19.3 Å². The Labute approximate surface area is 115 Å². The summed E-state index contributed by atoms with van der Waals surface area (Å²) in [5, 5.41) is 5.36. The number of rotatable bonds is 9. The van der Waals surface area contributed by atoms with Crippen molar-refractivity contribution in [2.45, 2.75) is 58.5 Å². The van der Waals surface area contributed by atoms with Crippen LogP contribution in [0.3, 0.4) is 0 Å².